The number of halogens is 1. The van der Waals surface area contributed by atoms with Gasteiger partial charge >= 0.3 is 5.97 Å². The van der Waals surface area contributed by atoms with Crippen LogP contribution >= 0.6 is 15.9 Å². The lowest BCUT2D eigenvalue weighted by atomic mass is 10.1. The van der Waals surface area contributed by atoms with Gasteiger partial charge in [0, 0.05) is 29.8 Å². The van der Waals surface area contributed by atoms with Crippen LogP contribution in [0.25, 0.3) is 6.08 Å². The minimum absolute atomic E-state index is 0.801. The highest BCUT2D eigenvalue weighted by molar-refractivity contribution is 9.10. The molecule has 1 aromatic carbocycles. The molecule has 2 rings (SSSR count). The summed E-state index contributed by atoms with van der Waals surface area (Å²) in [5, 5.41) is 8.72. The molecule has 1 saturated carbocycles. The van der Waals surface area contributed by atoms with Gasteiger partial charge in [0.25, 0.3) is 0 Å². The van der Waals surface area contributed by atoms with Gasteiger partial charge in [-0.05, 0) is 48.6 Å². The van der Waals surface area contributed by atoms with Crippen LogP contribution in [0.1, 0.15) is 18.4 Å². The van der Waals surface area contributed by atoms with Crippen molar-refractivity contribution in [1.29, 1.82) is 0 Å². The van der Waals surface area contributed by atoms with Crippen LogP contribution in [0.15, 0.2) is 28.7 Å². The van der Waals surface area contributed by atoms with Gasteiger partial charge in [-0.2, -0.15) is 0 Å². The second-order valence-corrected chi connectivity index (χ2v) is 5.61. The maximum absolute atomic E-state index is 10.6. The van der Waals surface area contributed by atoms with E-state index in [2.05, 4.69) is 27.9 Å². The number of carboxylic acids is 1. The first kappa shape index (κ1) is 13.1. The minimum Gasteiger partial charge on any atom is -0.478 e. The van der Waals surface area contributed by atoms with Crippen molar-refractivity contribution in [2.45, 2.75) is 12.8 Å². The Balaban J connectivity index is 2.23. The van der Waals surface area contributed by atoms with E-state index >= 15 is 0 Å². The summed E-state index contributed by atoms with van der Waals surface area (Å²) in [5.74, 6) is -0.124. The van der Waals surface area contributed by atoms with E-state index in [1.165, 1.54) is 18.9 Å². The summed E-state index contributed by atoms with van der Waals surface area (Å²) in [6.07, 6.45) is 5.43. The number of hydrogen-bond donors (Lipinski definition) is 1. The Bertz CT molecular complexity index is 481. The lowest BCUT2D eigenvalue weighted by Gasteiger charge is -2.21. The van der Waals surface area contributed by atoms with Gasteiger partial charge in [0.15, 0.2) is 0 Å². The van der Waals surface area contributed by atoms with E-state index in [1.54, 1.807) is 6.08 Å². The topological polar surface area (TPSA) is 40.5 Å². The lowest BCUT2D eigenvalue weighted by Crippen LogP contribution is -2.20. The molecule has 18 heavy (non-hydrogen) atoms. The molecular formula is C14H16BrNO2. The second-order valence-electron chi connectivity index (χ2n) is 4.70. The number of nitrogens with zero attached hydrogens (tertiary/aromatic N) is 1. The Morgan fingerprint density at radius 1 is 1.56 bits per heavy atom. The fourth-order valence-corrected chi connectivity index (χ4v) is 2.33. The second kappa shape index (κ2) is 5.57. The molecule has 0 aromatic heterocycles. The van der Waals surface area contributed by atoms with Gasteiger partial charge in [0.05, 0.1) is 0 Å². The highest BCUT2D eigenvalue weighted by Gasteiger charge is 2.23. The molecule has 1 aromatic rings. The van der Waals surface area contributed by atoms with Crippen molar-refractivity contribution in [3.63, 3.8) is 0 Å². The normalized spacial score (nSPS) is 15.0. The summed E-state index contributed by atoms with van der Waals surface area (Å²) in [6.45, 7) is 1.04. The van der Waals surface area contributed by atoms with Crippen LogP contribution in [0.3, 0.4) is 0 Å². The maximum Gasteiger partial charge on any atom is 0.328 e. The molecule has 1 N–H and O–H groups in total. The number of aliphatic carboxylic acids is 1. The van der Waals surface area contributed by atoms with Crippen molar-refractivity contribution in [2.24, 2.45) is 5.92 Å². The zero-order valence-electron chi connectivity index (χ0n) is 10.3. The van der Waals surface area contributed by atoms with E-state index in [-0.39, 0.29) is 0 Å². The van der Waals surface area contributed by atoms with Crippen molar-refractivity contribution < 1.29 is 9.90 Å². The third-order valence-corrected chi connectivity index (χ3v) is 3.53. The average Bonchev–Trinajstić information content (AvgIpc) is 3.10. The van der Waals surface area contributed by atoms with Crippen molar-refractivity contribution in [1.82, 2.24) is 0 Å². The zero-order valence-corrected chi connectivity index (χ0v) is 11.9. The van der Waals surface area contributed by atoms with Gasteiger partial charge in [-0.3, -0.25) is 0 Å². The number of rotatable bonds is 5. The number of carboxylic acid groups (broad SMARTS) is 1. The molecule has 0 heterocycles. The molecule has 96 valence electrons. The van der Waals surface area contributed by atoms with Crippen molar-refractivity contribution in [3.8, 4) is 0 Å². The van der Waals surface area contributed by atoms with Gasteiger partial charge in [0.1, 0.15) is 0 Å². The molecule has 0 radical (unpaired) electrons. The first-order valence-electron chi connectivity index (χ1n) is 5.98. The highest BCUT2D eigenvalue weighted by atomic mass is 79.9. The largest absolute Gasteiger partial charge is 0.478 e. The Hall–Kier alpha value is -1.29. The molecule has 0 spiro atoms. The predicted octanol–water partition coefficient (Wildman–Crippen LogP) is 3.39. The number of carbonyl (C=O) groups is 1. The van der Waals surface area contributed by atoms with E-state index in [0.717, 1.165) is 28.2 Å². The average molecular weight is 310 g/mol. The smallest absolute Gasteiger partial charge is 0.328 e. The fraction of sp³-hybridized carbons (Fsp3) is 0.357. The Morgan fingerprint density at radius 3 is 2.89 bits per heavy atom. The maximum atomic E-state index is 10.6. The Kier molecular flexibility index (Phi) is 4.07. The van der Waals surface area contributed by atoms with E-state index in [1.807, 2.05) is 18.2 Å². The molecule has 1 fully saturated rings. The monoisotopic (exact) mass is 309 g/mol. The SMILES string of the molecule is CN(CC1CC1)c1ccc(Br)cc1/C=C/C(=O)O. The molecule has 0 bridgehead atoms. The van der Waals surface area contributed by atoms with Gasteiger partial charge < -0.3 is 10.0 Å². The Morgan fingerprint density at radius 2 is 2.28 bits per heavy atom. The molecule has 1 aliphatic carbocycles. The lowest BCUT2D eigenvalue weighted by molar-refractivity contribution is -0.131. The molecule has 4 heteroatoms. The standard InChI is InChI=1S/C14H16BrNO2/c1-16(9-10-2-3-10)13-6-5-12(15)8-11(13)4-7-14(17)18/h4-8,10H,2-3,9H2,1H3,(H,17,18)/b7-4+. The Labute approximate surface area is 115 Å². The van der Waals surface area contributed by atoms with E-state index in [0.29, 0.717) is 0 Å². The summed E-state index contributed by atoms with van der Waals surface area (Å²) in [7, 11) is 2.06. The summed E-state index contributed by atoms with van der Waals surface area (Å²) < 4.78 is 0.955. The van der Waals surface area contributed by atoms with Crippen LogP contribution in [0, 0.1) is 5.92 Å². The van der Waals surface area contributed by atoms with Crippen LogP contribution in [0.2, 0.25) is 0 Å². The van der Waals surface area contributed by atoms with Gasteiger partial charge in [-0.25, -0.2) is 4.79 Å². The first-order valence-corrected chi connectivity index (χ1v) is 6.77. The van der Waals surface area contributed by atoms with Crippen LogP contribution in [-0.2, 0) is 4.79 Å². The molecule has 0 unspecified atom stereocenters. The third-order valence-electron chi connectivity index (χ3n) is 3.04. The zero-order chi connectivity index (χ0) is 13.1. The molecule has 0 aliphatic heterocycles. The number of benzene rings is 1. The van der Waals surface area contributed by atoms with E-state index in [4.69, 9.17) is 5.11 Å². The van der Waals surface area contributed by atoms with Crippen LogP contribution < -0.4 is 4.90 Å². The number of anilines is 1. The van der Waals surface area contributed by atoms with Crippen LogP contribution in [0.4, 0.5) is 5.69 Å². The quantitative estimate of drug-likeness (QED) is 0.848. The van der Waals surface area contributed by atoms with Gasteiger partial charge in [0.2, 0.25) is 0 Å². The molecule has 0 amide bonds. The first-order chi connectivity index (χ1) is 8.56. The summed E-state index contributed by atoms with van der Waals surface area (Å²) in [6, 6.07) is 5.95. The molecule has 1 aliphatic rings. The van der Waals surface area contributed by atoms with Crippen molar-refractivity contribution >= 4 is 33.7 Å². The summed E-state index contributed by atoms with van der Waals surface area (Å²) in [5.41, 5.74) is 2.00. The summed E-state index contributed by atoms with van der Waals surface area (Å²) in [4.78, 5) is 12.8. The van der Waals surface area contributed by atoms with Crippen molar-refractivity contribution in [2.75, 3.05) is 18.5 Å². The van der Waals surface area contributed by atoms with Gasteiger partial charge in [-0.1, -0.05) is 15.9 Å². The molecule has 3 nitrogen and oxygen atoms in total. The van der Waals surface area contributed by atoms with Gasteiger partial charge in [-0.15, -0.1) is 0 Å². The third kappa shape index (κ3) is 3.60. The molecule has 0 saturated heterocycles. The molecule has 0 atom stereocenters. The van der Waals surface area contributed by atoms with Crippen LogP contribution in [-0.4, -0.2) is 24.7 Å². The molecular weight excluding hydrogens is 294 g/mol. The predicted molar refractivity (Wildman–Crippen MR) is 76.8 cm³/mol. The van der Waals surface area contributed by atoms with Crippen molar-refractivity contribution in [3.05, 3.63) is 34.3 Å². The minimum atomic E-state index is -0.925. The van der Waals surface area contributed by atoms with Crippen LogP contribution in [0.5, 0.6) is 0 Å². The highest BCUT2D eigenvalue weighted by Crippen LogP contribution is 2.32. The van der Waals surface area contributed by atoms with E-state index in [9.17, 15) is 4.79 Å². The summed E-state index contributed by atoms with van der Waals surface area (Å²) >= 11 is 3.42. The fourth-order valence-electron chi connectivity index (χ4n) is 1.95. The number of hydrogen-bond acceptors (Lipinski definition) is 2. The van der Waals surface area contributed by atoms with E-state index < -0.39 is 5.97 Å².